The molecule has 6 nitrogen and oxygen atoms in total. The van der Waals surface area contributed by atoms with E-state index in [9.17, 15) is 4.79 Å². The first-order chi connectivity index (χ1) is 13.1. The van der Waals surface area contributed by atoms with Crippen LogP contribution in [0.2, 0.25) is 0 Å². The number of benzene rings is 1. The molecule has 1 saturated heterocycles. The van der Waals surface area contributed by atoms with E-state index in [-0.39, 0.29) is 5.56 Å². The monoisotopic (exact) mass is 365 g/mol. The Kier molecular flexibility index (Phi) is 4.99. The van der Waals surface area contributed by atoms with Crippen LogP contribution < -0.4 is 5.56 Å². The lowest BCUT2D eigenvalue weighted by atomic mass is 9.97. The highest BCUT2D eigenvalue weighted by atomic mass is 16.1. The van der Waals surface area contributed by atoms with Gasteiger partial charge in [-0.3, -0.25) is 14.4 Å². The highest BCUT2D eigenvalue weighted by Crippen LogP contribution is 2.21. The summed E-state index contributed by atoms with van der Waals surface area (Å²) in [5.41, 5.74) is 2.96. The molecule has 1 fully saturated rings. The first-order valence-corrected chi connectivity index (χ1v) is 9.64. The molecule has 0 saturated carbocycles. The maximum atomic E-state index is 13.1. The summed E-state index contributed by atoms with van der Waals surface area (Å²) in [5, 5.41) is 0. The zero-order valence-electron chi connectivity index (χ0n) is 16.1. The number of rotatable bonds is 5. The Balaban J connectivity index is 1.53. The van der Waals surface area contributed by atoms with Crippen LogP contribution in [-0.4, -0.2) is 36.9 Å². The molecule has 6 heteroatoms. The highest BCUT2D eigenvalue weighted by Gasteiger charge is 2.24. The molecule has 3 aromatic rings. The number of aromatic nitrogens is 4. The van der Waals surface area contributed by atoms with Crippen molar-refractivity contribution in [2.24, 2.45) is 13.0 Å². The quantitative estimate of drug-likeness (QED) is 0.698. The van der Waals surface area contributed by atoms with Crippen LogP contribution >= 0.6 is 0 Å². The molecule has 0 amide bonds. The van der Waals surface area contributed by atoms with Crippen LogP contribution in [0.1, 0.15) is 24.1 Å². The molecule has 4 rings (SSSR count). The van der Waals surface area contributed by atoms with Crippen LogP contribution in [0.4, 0.5) is 0 Å². The molecule has 2 aromatic heterocycles. The average molecular weight is 365 g/mol. The van der Waals surface area contributed by atoms with E-state index >= 15 is 0 Å². The standard InChI is InChI=1S/C21H27N5O/c1-17-20(21(27)26(23(17)2)19-8-4-3-5-9-19)15-24-11-6-7-18(13-24)14-25-12-10-22-16-25/h3-5,8-10,12,16,18H,6-7,11,13-15H2,1-2H3/t18-/m1/s1. The summed E-state index contributed by atoms with van der Waals surface area (Å²) in [6.45, 7) is 5.84. The second-order valence-corrected chi connectivity index (χ2v) is 7.54. The maximum absolute atomic E-state index is 13.1. The van der Waals surface area contributed by atoms with E-state index in [4.69, 9.17) is 0 Å². The largest absolute Gasteiger partial charge is 0.337 e. The third-order valence-electron chi connectivity index (χ3n) is 5.69. The van der Waals surface area contributed by atoms with Gasteiger partial charge in [-0.25, -0.2) is 9.67 Å². The van der Waals surface area contributed by atoms with E-state index < -0.39 is 0 Å². The molecule has 27 heavy (non-hydrogen) atoms. The first-order valence-electron chi connectivity index (χ1n) is 9.64. The minimum atomic E-state index is 0.0953. The Morgan fingerprint density at radius 2 is 2.04 bits per heavy atom. The predicted molar refractivity (Wildman–Crippen MR) is 106 cm³/mol. The van der Waals surface area contributed by atoms with Gasteiger partial charge in [0.1, 0.15) is 0 Å². The Labute approximate surface area is 159 Å². The predicted octanol–water partition coefficient (Wildman–Crippen LogP) is 2.59. The van der Waals surface area contributed by atoms with Gasteiger partial charge in [0.15, 0.2) is 0 Å². The fourth-order valence-electron chi connectivity index (χ4n) is 4.17. The van der Waals surface area contributed by atoms with Crippen molar-refractivity contribution in [3.8, 4) is 5.69 Å². The summed E-state index contributed by atoms with van der Waals surface area (Å²) in [6, 6.07) is 9.86. The fraction of sp³-hybridized carbons (Fsp3) is 0.429. The van der Waals surface area contributed by atoms with Crippen molar-refractivity contribution in [2.75, 3.05) is 13.1 Å². The normalized spacial score (nSPS) is 18.1. The van der Waals surface area contributed by atoms with E-state index in [1.54, 1.807) is 4.68 Å². The van der Waals surface area contributed by atoms with Crippen molar-refractivity contribution in [1.82, 2.24) is 23.8 Å². The van der Waals surface area contributed by atoms with Gasteiger partial charge in [-0.1, -0.05) is 18.2 Å². The summed E-state index contributed by atoms with van der Waals surface area (Å²) in [5.74, 6) is 0.605. The Morgan fingerprint density at radius 3 is 2.78 bits per heavy atom. The van der Waals surface area contributed by atoms with E-state index in [0.29, 0.717) is 5.92 Å². The molecule has 0 spiro atoms. The third-order valence-corrected chi connectivity index (χ3v) is 5.69. The van der Waals surface area contributed by atoms with Crippen LogP contribution in [0, 0.1) is 12.8 Å². The van der Waals surface area contributed by atoms with Gasteiger partial charge in [0.2, 0.25) is 0 Å². The number of piperidine rings is 1. The van der Waals surface area contributed by atoms with Crippen LogP contribution in [0.15, 0.2) is 53.8 Å². The van der Waals surface area contributed by atoms with Crippen LogP contribution in [0.3, 0.4) is 0 Å². The molecule has 0 aliphatic carbocycles. The van der Waals surface area contributed by atoms with Crippen molar-refractivity contribution in [3.05, 3.63) is 70.7 Å². The Bertz CT molecular complexity index is 939. The summed E-state index contributed by atoms with van der Waals surface area (Å²) < 4.78 is 5.90. The molecule has 1 atom stereocenters. The Morgan fingerprint density at radius 1 is 1.22 bits per heavy atom. The number of hydrogen-bond acceptors (Lipinski definition) is 3. The molecular formula is C21H27N5O. The molecule has 0 bridgehead atoms. The number of hydrogen-bond donors (Lipinski definition) is 0. The average Bonchev–Trinajstić information content (AvgIpc) is 3.26. The van der Waals surface area contributed by atoms with E-state index in [2.05, 4.69) is 14.5 Å². The summed E-state index contributed by atoms with van der Waals surface area (Å²) in [4.78, 5) is 19.7. The molecule has 142 valence electrons. The molecule has 1 aromatic carbocycles. The molecule has 1 aliphatic rings. The van der Waals surface area contributed by atoms with Gasteiger partial charge in [0.25, 0.3) is 5.56 Å². The van der Waals surface area contributed by atoms with Gasteiger partial charge in [-0.15, -0.1) is 0 Å². The van der Waals surface area contributed by atoms with Gasteiger partial charge in [-0.2, -0.15) is 0 Å². The lowest BCUT2D eigenvalue weighted by molar-refractivity contribution is 0.155. The minimum absolute atomic E-state index is 0.0953. The molecule has 1 aliphatic heterocycles. The second-order valence-electron chi connectivity index (χ2n) is 7.54. The van der Waals surface area contributed by atoms with Gasteiger partial charge in [0.05, 0.1) is 17.6 Å². The van der Waals surface area contributed by atoms with Crippen LogP contribution in [-0.2, 0) is 20.1 Å². The van der Waals surface area contributed by atoms with Gasteiger partial charge in [0, 0.05) is 44.8 Å². The molecule has 3 heterocycles. The van der Waals surface area contributed by atoms with Gasteiger partial charge < -0.3 is 4.57 Å². The van der Waals surface area contributed by atoms with Crippen molar-refractivity contribution in [3.63, 3.8) is 0 Å². The first kappa shape index (κ1) is 17.8. The maximum Gasteiger partial charge on any atom is 0.276 e. The summed E-state index contributed by atoms with van der Waals surface area (Å²) >= 11 is 0. The lowest BCUT2D eigenvalue weighted by Gasteiger charge is -2.32. The fourth-order valence-corrected chi connectivity index (χ4v) is 4.17. The van der Waals surface area contributed by atoms with E-state index in [0.717, 1.165) is 43.1 Å². The van der Waals surface area contributed by atoms with E-state index in [1.807, 2.05) is 67.7 Å². The lowest BCUT2D eigenvalue weighted by Crippen LogP contribution is -2.37. The van der Waals surface area contributed by atoms with Crippen molar-refractivity contribution >= 4 is 0 Å². The zero-order valence-corrected chi connectivity index (χ0v) is 16.1. The van der Waals surface area contributed by atoms with Crippen molar-refractivity contribution < 1.29 is 0 Å². The molecule has 0 radical (unpaired) electrons. The number of nitrogens with zero attached hydrogens (tertiary/aromatic N) is 5. The second kappa shape index (κ2) is 7.56. The molecular weight excluding hydrogens is 338 g/mol. The van der Waals surface area contributed by atoms with Gasteiger partial charge in [-0.05, 0) is 44.4 Å². The van der Waals surface area contributed by atoms with Crippen molar-refractivity contribution in [1.29, 1.82) is 0 Å². The smallest absolute Gasteiger partial charge is 0.276 e. The summed E-state index contributed by atoms with van der Waals surface area (Å²) in [6.07, 6.45) is 8.16. The number of likely N-dealkylation sites (tertiary alicyclic amines) is 1. The van der Waals surface area contributed by atoms with E-state index in [1.165, 1.54) is 12.8 Å². The highest BCUT2D eigenvalue weighted by molar-refractivity contribution is 5.33. The Hall–Kier alpha value is -2.60. The SMILES string of the molecule is Cc1c(CN2CCC[C@@H](Cn3ccnc3)C2)c(=O)n(-c2ccccc2)n1C. The van der Waals surface area contributed by atoms with Crippen LogP contribution in [0.25, 0.3) is 5.69 Å². The molecule has 0 N–H and O–H groups in total. The van der Waals surface area contributed by atoms with Gasteiger partial charge >= 0.3 is 0 Å². The summed E-state index contributed by atoms with van der Waals surface area (Å²) in [7, 11) is 1.96. The molecule has 0 unspecified atom stereocenters. The zero-order chi connectivity index (χ0) is 18.8. The number of imidazole rings is 1. The number of para-hydroxylation sites is 1. The third kappa shape index (κ3) is 3.62. The van der Waals surface area contributed by atoms with Crippen LogP contribution in [0.5, 0.6) is 0 Å². The van der Waals surface area contributed by atoms with Crippen molar-refractivity contribution in [2.45, 2.75) is 32.9 Å². The minimum Gasteiger partial charge on any atom is -0.337 e. The topological polar surface area (TPSA) is 48.0 Å².